The summed E-state index contributed by atoms with van der Waals surface area (Å²) in [6, 6.07) is 4.88. The third-order valence-corrected chi connectivity index (χ3v) is 7.80. The second-order valence-electron chi connectivity index (χ2n) is 9.09. The van der Waals surface area contributed by atoms with Gasteiger partial charge in [0.25, 0.3) is 10.0 Å². The molecule has 1 aromatic rings. The molecule has 1 unspecified atom stereocenters. The van der Waals surface area contributed by atoms with Crippen molar-refractivity contribution in [2.24, 2.45) is 9.98 Å². The fourth-order valence-corrected chi connectivity index (χ4v) is 4.51. The monoisotopic (exact) mass is 817 g/mol. The van der Waals surface area contributed by atoms with Gasteiger partial charge in [-0.1, -0.05) is 13.0 Å². The van der Waals surface area contributed by atoms with Gasteiger partial charge in [-0.25, -0.2) is 18.0 Å². The van der Waals surface area contributed by atoms with Crippen molar-refractivity contribution < 1.29 is 115 Å². The second kappa shape index (κ2) is 14.1. The van der Waals surface area contributed by atoms with Crippen LogP contribution in [-0.4, -0.2) is 95.7 Å². The lowest BCUT2D eigenvalue weighted by Crippen LogP contribution is -2.75. The Morgan fingerprint density at radius 1 is 0.627 bits per heavy atom. The second-order valence-corrected chi connectivity index (χ2v) is 11.0. The van der Waals surface area contributed by atoms with Crippen molar-refractivity contribution in [2.45, 2.75) is 73.0 Å². The first kappa shape index (κ1) is 47.4. The summed E-state index contributed by atoms with van der Waals surface area (Å²) in [4.78, 5) is 26.8. The number of aliphatic hydroxyl groups is 1. The van der Waals surface area contributed by atoms with Crippen molar-refractivity contribution in [1.29, 1.82) is 0 Å². The van der Waals surface area contributed by atoms with E-state index < -0.39 is 80.0 Å². The largest absolute Gasteiger partial charge is 0.465 e. The first-order valence-electron chi connectivity index (χ1n) is 11.7. The summed E-state index contributed by atoms with van der Waals surface area (Å²) in [6.45, 7) is -1.08. The summed E-state index contributed by atoms with van der Waals surface area (Å²) < 4.78 is 294. The van der Waals surface area contributed by atoms with Crippen LogP contribution >= 0.6 is 0 Å². The molecule has 1 aromatic carbocycles. The topological polar surface area (TPSA) is 116 Å². The lowest BCUT2D eigenvalue weighted by Gasteiger charge is -2.43. The van der Waals surface area contributed by atoms with Crippen LogP contribution in [0.1, 0.15) is 12.5 Å². The van der Waals surface area contributed by atoms with Crippen molar-refractivity contribution in [3.63, 3.8) is 0 Å². The van der Waals surface area contributed by atoms with Crippen LogP contribution in [0.25, 0.3) is 0 Å². The molecular formula is C21H12F21N3O5S. The minimum absolute atomic E-state index is 0.247. The molecule has 1 N–H and O–H groups in total. The molecule has 0 aliphatic rings. The number of hydrogen-bond donors (Lipinski definition) is 1. The zero-order valence-electron chi connectivity index (χ0n) is 23.7. The molecule has 0 bridgehead atoms. The number of hydrogen-bond acceptors (Lipinski definition) is 7. The summed E-state index contributed by atoms with van der Waals surface area (Å²) in [5, 5.41) is 0.00588. The molecular weight excluding hydrogens is 805 g/mol. The van der Waals surface area contributed by atoms with Gasteiger partial charge < -0.3 is 5.11 Å². The van der Waals surface area contributed by atoms with Gasteiger partial charge in [0.15, 0.2) is 0 Å². The van der Waals surface area contributed by atoms with E-state index in [0.29, 0.717) is 11.4 Å². The molecule has 0 amide bonds. The maximum absolute atomic E-state index is 13.9. The third-order valence-electron chi connectivity index (χ3n) is 5.82. The number of nitrogens with zero attached hydrogens (tertiary/aromatic N) is 3. The number of alkyl halides is 21. The van der Waals surface area contributed by atoms with Gasteiger partial charge in [0, 0.05) is 6.54 Å². The molecule has 51 heavy (non-hydrogen) atoms. The van der Waals surface area contributed by atoms with E-state index in [-0.39, 0.29) is 6.92 Å². The zero-order chi connectivity index (χ0) is 41.5. The number of halogens is 21. The minimum Gasteiger partial charge on any atom is -0.342 e. The van der Waals surface area contributed by atoms with Gasteiger partial charge in [-0.05, 0) is 24.6 Å². The van der Waals surface area contributed by atoms with Crippen molar-refractivity contribution in [1.82, 2.24) is 4.31 Å². The van der Waals surface area contributed by atoms with Gasteiger partial charge in [-0.3, -0.25) is 0 Å². The Kier molecular flexibility index (Phi) is 13.1. The predicted molar refractivity (Wildman–Crippen MR) is 121 cm³/mol. The summed E-state index contributed by atoms with van der Waals surface area (Å²) in [6.07, 6.45) is -12.4. The highest BCUT2D eigenvalue weighted by molar-refractivity contribution is 7.90. The predicted octanol–water partition coefficient (Wildman–Crippen LogP) is 7.71. The Labute approximate surface area is 267 Å². The first-order chi connectivity index (χ1) is 22.2. The molecule has 0 fully saturated rings. The lowest BCUT2D eigenvalue weighted by molar-refractivity contribution is -0.458. The van der Waals surface area contributed by atoms with Gasteiger partial charge in [-0.15, -0.1) is 4.31 Å². The molecule has 1 rings (SSSR count). The van der Waals surface area contributed by atoms with E-state index in [2.05, 4.69) is 9.98 Å². The van der Waals surface area contributed by atoms with Crippen LogP contribution in [0, 0.1) is 6.92 Å². The van der Waals surface area contributed by atoms with Gasteiger partial charge >= 0.3 is 59.1 Å². The molecule has 8 nitrogen and oxygen atoms in total. The van der Waals surface area contributed by atoms with Crippen molar-refractivity contribution >= 4 is 33.6 Å². The van der Waals surface area contributed by atoms with Gasteiger partial charge in [0.1, 0.15) is 0 Å². The summed E-state index contributed by atoms with van der Waals surface area (Å²) in [7, 11) is -8.69. The van der Waals surface area contributed by atoms with Crippen LogP contribution in [0.3, 0.4) is 0 Å². The molecule has 0 aromatic heterocycles. The Morgan fingerprint density at radius 3 is 1.33 bits per heavy atom. The molecule has 0 aliphatic carbocycles. The molecule has 30 heteroatoms. The summed E-state index contributed by atoms with van der Waals surface area (Å²) in [5.74, 6) is -60.7. The number of sulfonamides is 1. The average molecular weight is 817 g/mol. The number of aryl methyl sites for hydroxylation is 1. The normalized spacial score (nSPS) is 15.6. The molecule has 1 atom stereocenters. The SMILES string of the molecule is CCN(C(O)(F)C(F)(F)F)S(=O)(=O)C(F)(F)C(F)(F)C(F)(F)C(F)(F)C(F)(F)C(F)(F)C(F)(F)C(F)(F)F.Cc1ccc(N=C=O)cc1N=C=O. The first-order valence-corrected chi connectivity index (χ1v) is 13.1. The van der Waals surface area contributed by atoms with Crippen molar-refractivity contribution in [3.8, 4) is 0 Å². The van der Waals surface area contributed by atoms with Crippen LogP contribution in [0.4, 0.5) is 104 Å². The number of rotatable bonds is 12. The zero-order valence-corrected chi connectivity index (χ0v) is 24.5. The van der Waals surface area contributed by atoms with Crippen LogP contribution in [0.15, 0.2) is 28.2 Å². The van der Waals surface area contributed by atoms with Crippen molar-refractivity contribution in [3.05, 3.63) is 23.8 Å². The summed E-state index contributed by atoms with van der Waals surface area (Å²) >= 11 is 0. The number of carbonyl (C=O) groups excluding carboxylic acids is 2. The van der Waals surface area contributed by atoms with E-state index in [1.54, 1.807) is 19.1 Å². The van der Waals surface area contributed by atoms with E-state index in [4.69, 9.17) is 5.11 Å². The molecule has 0 aliphatic heterocycles. The highest BCUT2D eigenvalue weighted by atomic mass is 32.2. The standard InChI is InChI=1S/C12H6F21NO3S.C9H6N2O2/c1-2-34(12(33,35)10(28,29)30)38(36,37)11(31,32)8(23,24)6(19,20)4(15,16)3(13,14)5(17,18)7(21,22)9(25,26)27;1-7-2-3-8(10-5-12)4-9(7)11-6-13/h35H,2H2,1H3;2-4H,1H3. The number of aliphatic imine (C=N–C) groups is 2. The molecule has 0 saturated heterocycles. The number of isocyanates is 2. The minimum atomic E-state index is -9.23. The third kappa shape index (κ3) is 7.50. The van der Waals surface area contributed by atoms with E-state index in [1.165, 1.54) is 18.2 Å². The Balaban J connectivity index is 0.00000159. The smallest absolute Gasteiger partial charge is 0.342 e. The quantitative estimate of drug-likeness (QED) is 0.0763. The van der Waals surface area contributed by atoms with Crippen molar-refractivity contribution in [2.75, 3.05) is 6.54 Å². The fourth-order valence-electron chi connectivity index (χ4n) is 3.02. The van der Waals surface area contributed by atoms with Gasteiger partial charge in [0.2, 0.25) is 12.2 Å². The Bertz CT molecular complexity index is 1630. The molecule has 0 saturated carbocycles. The highest BCUT2D eigenvalue weighted by Crippen LogP contribution is 2.64. The maximum Gasteiger partial charge on any atom is 0.465 e. The number of benzene rings is 1. The maximum atomic E-state index is 13.9. The van der Waals surface area contributed by atoms with Gasteiger partial charge in [-0.2, -0.15) is 102 Å². The summed E-state index contributed by atoms with van der Waals surface area (Å²) in [5.41, 5.74) is 1.72. The lowest BCUT2D eigenvalue weighted by atomic mass is 9.91. The van der Waals surface area contributed by atoms with Crippen LogP contribution in [0.2, 0.25) is 0 Å². The van der Waals surface area contributed by atoms with E-state index in [1.807, 2.05) is 0 Å². The molecule has 0 radical (unpaired) electrons. The fraction of sp³-hybridized carbons (Fsp3) is 0.619. The molecule has 0 heterocycles. The van der Waals surface area contributed by atoms with Crippen LogP contribution in [-0.2, 0) is 19.6 Å². The Hall–Kier alpha value is -3.62. The van der Waals surface area contributed by atoms with E-state index in [9.17, 15) is 110 Å². The van der Waals surface area contributed by atoms with E-state index in [0.717, 1.165) is 5.56 Å². The van der Waals surface area contributed by atoms with E-state index >= 15 is 0 Å². The Morgan fingerprint density at radius 2 is 1.00 bits per heavy atom. The average Bonchev–Trinajstić information content (AvgIpc) is 2.93. The highest BCUT2D eigenvalue weighted by Gasteiger charge is 2.96. The van der Waals surface area contributed by atoms with Gasteiger partial charge in [0.05, 0.1) is 11.4 Å². The molecule has 294 valence electrons. The van der Waals surface area contributed by atoms with Crippen LogP contribution in [0.5, 0.6) is 0 Å². The molecule has 0 spiro atoms. The van der Waals surface area contributed by atoms with Crippen LogP contribution < -0.4 is 0 Å².